The van der Waals surface area contributed by atoms with Gasteiger partial charge < -0.3 is 4.90 Å². The van der Waals surface area contributed by atoms with Crippen molar-refractivity contribution in [1.82, 2.24) is 4.90 Å². The number of rotatable bonds is 4. The monoisotopic (exact) mass is 323 g/mol. The Morgan fingerprint density at radius 3 is 2.69 bits per heavy atom. The molecule has 16 heavy (non-hydrogen) atoms. The van der Waals surface area contributed by atoms with Crippen LogP contribution in [0.15, 0.2) is 22.7 Å². The number of benzene rings is 1. The van der Waals surface area contributed by atoms with Crippen molar-refractivity contribution in [2.45, 2.75) is 6.92 Å². The Hall–Kier alpha value is -0.250. The number of halogens is 3. The van der Waals surface area contributed by atoms with Crippen LogP contribution in [0, 0.1) is 0 Å². The Morgan fingerprint density at radius 2 is 2.19 bits per heavy atom. The lowest BCUT2D eigenvalue weighted by Crippen LogP contribution is -2.32. The standard InChI is InChI=1S/C11H12BrCl2NO/c1-2-15(6-5-13)11(16)9-4-3-8(12)7-10(9)14/h3-4,7H,2,5-6H2,1H3. The van der Waals surface area contributed by atoms with Crippen molar-refractivity contribution in [3.63, 3.8) is 0 Å². The molecule has 0 N–H and O–H groups in total. The summed E-state index contributed by atoms with van der Waals surface area (Å²) in [6.45, 7) is 3.07. The molecule has 0 saturated carbocycles. The number of alkyl halides is 1. The molecule has 1 rings (SSSR count). The van der Waals surface area contributed by atoms with Gasteiger partial charge in [0.05, 0.1) is 10.6 Å². The van der Waals surface area contributed by atoms with E-state index < -0.39 is 0 Å². The fourth-order valence-corrected chi connectivity index (χ4v) is 2.30. The van der Waals surface area contributed by atoms with E-state index in [1.54, 1.807) is 23.1 Å². The summed E-state index contributed by atoms with van der Waals surface area (Å²) in [5.41, 5.74) is 0.511. The molecule has 0 bridgehead atoms. The number of hydrogen-bond donors (Lipinski definition) is 0. The minimum atomic E-state index is -0.0827. The second-order valence-corrected chi connectivity index (χ2v) is 4.90. The molecule has 0 spiro atoms. The lowest BCUT2D eigenvalue weighted by atomic mass is 10.2. The first-order chi connectivity index (χ1) is 7.60. The van der Waals surface area contributed by atoms with Crippen molar-refractivity contribution in [3.05, 3.63) is 33.3 Å². The van der Waals surface area contributed by atoms with Gasteiger partial charge in [0, 0.05) is 23.4 Å². The summed E-state index contributed by atoms with van der Waals surface area (Å²) < 4.78 is 0.856. The molecule has 5 heteroatoms. The van der Waals surface area contributed by atoms with Gasteiger partial charge in [0.2, 0.25) is 0 Å². The maximum atomic E-state index is 12.1. The van der Waals surface area contributed by atoms with Crippen LogP contribution < -0.4 is 0 Å². The number of carbonyl (C=O) groups excluding carboxylic acids is 1. The van der Waals surface area contributed by atoms with Crippen LogP contribution in [0.25, 0.3) is 0 Å². The summed E-state index contributed by atoms with van der Waals surface area (Å²) in [5, 5.41) is 0.451. The van der Waals surface area contributed by atoms with E-state index in [0.717, 1.165) is 4.47 Å². The van der Waals surface area contributed by atoms with Crippen LogP contribution in [0.4, 0.5) is 0 Å². The van der Waals surface area contributed by atoms with Gasteiger partial charge in [-0.15, -0.1) is 11.6 Å². The van der Waals surface area contributed by atoms with Crippen molar-refractivity contribution in [2.75, 3.05) is 19.0 Å². The average molecular weight is 325 g/mol. The number of hydrogen-bond acceptors (Lipinski definition) is 1. The van der Waals surface area contributed by atoms with Gasteiger partial charge in [-0.2, -0.15) is 0 Å². The predicted octanol–water partition coefficient (Wildman–Crippen LogP) is 3.80. The summed E-state index contributed by atoms with van der Waals surface area (Å²) in [5.74, 6) is 0.342. The lowest BCUT2D eigenvalue weighted by molar-refractivity contribution is 0.0774. The Kier molecular flexibility index (Phi) is 5.59. The molecule has 0 radical (unpaired) electrons. The summed E-state index contributed by atoms with van der Waals surface area (Å²) in [4.78, 5) is 13.7. The topological polar surface area (TPSA) is 20.3 Å². The number of nitrogens with zero attached hydrogens (tertiary/aromatic N) is 1. The number of amides is 1. The van der Waals surface area contributed by atoms with Gasteiger partial charge >= 0.3 is 0 Å². The first-order valence-electron chi connectivity index (χ1n) is 4.90. The van der Waals surface area contributed by atoms with Gasteiger partial charge in [0.15, 0.2) is 0 Å². The molecule has 0 aliphatic heterocycles. The van der Waals surface area contributed by atoms with Gasteiger partial charge in [-0.3, -0.25) is 4.79 Å². The molecular formula is C11H12BrCl2NO. The van der Waals surface area contributed by atoms with E-state index in [1.807, 2.05) is 6.92 Å². The highest BCUT2D eigenvalue weighted by Crippen LogP contribution is 2.22. The molecular weight excluding hydrogens is 313 g/mol. The van der Waals surface area contributed by atoms with Crippen molar-refractivity contribution in [3.8, 4) is 0 Å². The lowest BCUT2D eigenvalue weighted by Gasteiger charge is -2.20. The predicted molar refractivity (Wildman–Crippen MR) is 71.4 cm³/mol. The maximum Gasteiger partial charge on any atom is 0.255 e. The molecule has 0 aliphatic carbocycles. The Bertz CT molecular complexity index is 384. The third kappa shape index (κ3) is 3.37. The molecule has 0 heterocycles. The zero-order valence-electron chi connectivity index (χ0n) is 8.84. The smallest absolute Gasteiger partial charge is 0.255 e. The van der Waals surface area contributed by atoms with E-state index in [2.05, 4.69) is 15.9 Å². The minimum absolute atomic E-state index is 0.0827. The summed E-state index contributed by atoms with van der Waals surface area (Å²) >= 11 is 15.0. The van der Waals surface area contributed by atoms with Gasteiger partial charge in [-0.25, -0.2) is 0 Å². The summed E-state index contributed by atoms with van der Waals surface area (Å²) in [6, 6.07) is 5.22. The van der Waals surface area contributed by atoms with E-state index in [9.17, 15) is 4.79 Å². The largest absolute Gasteiger partial charge is 0.338 e. The quantitative estimate of drug-likeness (QED) is 0.771. The highest BCUT2D eigenvalue weighted by atomic mass is 79.9. The van der Waals surface area contributed by atoms with Crippen LogP contribution in [-0.2, 0) is 0 Å². The van der Waals surface area contributed by atoms with Crippen molar-refractivity contribution in [1.29, 1.82) is 0 Å². The highest BCUT2D eigenvalue weighted by molar-refractivity contribution is 9.10. The molecule has 2 nitrogen and oxygen atoms in total. The van der Waals surface area contributed by atoms with Crippen LogP contribution in [-0.4, -0.2) is 29.8 Å². The van der Waals surface area contributed by atoms with E-state index in [1.165, 1.54) is 0 Å². The van der Waals surface area contributed by atoms with Crippen LogP contribution in [0.2, 0.25) is 5.02 Å². The Morgan fingerprint density at radius 1 is 1.50 bits per heavy atom. The van der Waals surface area contributed by atoms with Crippen LogP contribution in [0.3, 0.4) is 0 Å². The normalized spacial score (nSPS) is 10.2. The minimum Gasteiger partial charge on any atom is -0.338 e. The van der Waals surface area contributed by atoms with Gasteiger partial charge in [-0.1, -0.05) is 27.5 Å². The van der Waals surface area contributed by atoms with E-state index in [0.29, 0.717) is 29.6 Å². The molecule has 0 aromatic heterocycles. The van der Waals surface area contributed by atoms with Gasteiger partial charge in [0.1, 0.15) is 0 Å². The Labute approximate surface area is 114 Å². The van der Waals surface area contributed by atoms with E-state index >= 15 is 0 Å². The molecule has 88 valence electrons. The molecule has 0 aliphatic rings. The van der Waals surface area contributed by atoms with Crippen LogP contribution >= 0.6 is 39.1 Å². The van der Waals surface area contributed by atoms with E-state index in [4.69, 9.17) is 23.2 Å². The molecule has 1 aromatic carbocycles. The van der Waals surface area contributed by atoms with E-state index in [-0.39, 0.29) is 5.91 Å². The third-order valence-electron chi connectivity index (χ3n) is 2.18. The third-order valence-corrected chi connectivity index (χ3v) is 3.16. The van der Waals surface area contributed by atoms with Crippen molar-refractivity contribution in [2.24, 2.45) is 0 Å². The number of carbonyl (C=O) groups is 1. The summed E-state index contributed by atoms with van der Waals surface area (Å²) in [6.07, 6.45) is 0. The van der Waals surface area contributed by atoms with Crippen molar-refractivity contribution < 1.29 is 4.79 Å². The van der Waals surface area contributed by atoms with Gasteiger partial charge in [0.25, 0.3) is 5.91 Å². The molecule has 0 unspecified atom stereocenters. The summed E-state index contributed by atoms with van der Waals surface area (Å²) in [7, 11) is 0. The second kappa shape index (κ2) is 6.48. The molecule has 0 saturated heterocycles. The first-order valence-corrected chi connectivity index (χ1v) is 6.61. The molecule has 0 fully saturated rings. The zero-order valence-corrected chi connectivity index (χ0v) is 11.9. The van der Waals surface area contributed by atoms with Crippen molar-refractivity contribution >= 4 is 45.0 Å². The van der Waals surface area contributed by atoms with Crippen LogP contribution in [0.1, 0.15) is 17.3 Å². The highest BCUT2D eigenvalue weighted by Gasteiger charge is 2.16. The fraction of sp³-hybridized carbons (Fsp3) is 0.364. The first kappa shape index (κ1) is 13.8. The molecule has 1 amide bonds. The SMILES string of the molecule is CCN(CCCl)C(=O)c1ccc(Br)cc1Cl. The van der Waals surface area contributed by atoms with Gasteiger partial charge in [-0.05, 0) is 25.1 Å². The molecule has 1 aromatic rings. The zero-order chi connectivity index (χ0) is 12.1. The maximum absolute atomic E-state index is 12.1. The molecule has 0 atom stereocenters. The average Bonchev–Trinajstić information content (AvgIpc) is 2.25. The second-order valence-electron chi connectivity index (χ2n) is 3.20. The van der Waals surface area contributed by atoms with Crippen LogP contribution in [0.5, 0.6) is 0 Å². The fourth-order valence-electron chi connectivity index (χ4n) is 1.34. The Balaban J connectivity index is 2.94.